The summed E-state index contributed by atoms with van der Waals surface area (Å²) in [4.78, 5) is 12.7. The van der Waals surface area contributed by atoms with E-state index in [9.17, 15) is 9.18 Å². The highest BCUT2D eigenvalue weighted by Gasteiger charge is 2.30. The van der Waals surface area contributed by atoms with Crippen molar-refractivity contribution in [3.63, 3.8) is 0 Å². The number of ketones is 1. The molecule has 0 unspecified atom stereocenters. The summed E-state index contributed by atoms with van der Waals surface area (Å²) in [5.74, 6) is 0.508. The number of halogens is 1. The highest BCUT2D eigenvalue weighted by Crippen LogP contribution is 2.34. The lowest BCUT2D eigenvalue weighted by Gasteiger charge is -2.36. The van der Waals surface area contributed by atoms with E-state index in [1.807, 2.05) is 13.8 Å². The fraction of sp³-hybridized carbons (Fsp3) is 0.526. The molecule has 4 heteroatoms. The first-order chi connectivity index (χ1) is 10.9. The van der Waals surface area contributed by atoms with Gasteiger partial charge in [-0.05, 0) is 44.9 Å². The smallest absolute Gasteiger partial charge is 0.175 e. The van der Waals surface area contributed by atoms with Crippen molar-refractivity contribution in [3.8, 4) is 5.75 Å². The Labute approximate surface area is 136 Å². The topological polar surface area (TPSA) is 38.3 Å². The second-order valence-corrected chi connectivity index (χ2v) is 7.03. The molecule has 3 rings (SSSR count). The van der Waals surface area contributed by atoms with Crippen LogP contribution in [0.25, 0.3) is 5.70 Å². The number of carbonyl (C=O) groups is 1. The molecule has 3 nitrogen and oxygen atoms in total. The van der Waals surface area contributed by atoms with Crippen LogP contribution in [0.2, 0.25) is 0 Å². The number of ether oxygens (including phenoxy) is 1. The van der Waals surface area contributed by atoms with Gasteiger partial charge in [-0.15, -0.1) is 0 Å². The van der Waals surface area contributed by atoms with E-state index >= 15 is 0 Å². The number of rotatable bonds is 2. The minimum Gasteiger partial charge on any atom is -0.468 e. The molecule has 23 heavy (non-hydrogen) atoms. The molecule has 1 heterocycles. The first-order valence-corrected chi connectivity index (χ1v) is 8.47. The lowest BCUT2D eigenvalue weighted by Crippen LogP contribution is -2.46. The lowest BCUT2D eigenvalue weighted by molar-refractivity contribution is -0.118. The number of hydrogen-bond donors (Lipinski definition) is 1. The Kier molecular flexibility index (Phi) is 4.42. The first-order valence-electron chi connectivity index (χ1n) is 8.47. The standard InChI is InChI=1S/C19H24FNO2/c1-19(2)21-16(15-11-14(20)9-10-18(15)23-19)12-17(22)13-7-5-3-4-6-8-13/h9-13,21H,3-8H2,1-2H3/b16-12-. The number of benzene rings is 1. The predicted octanol–water partition coefficient (Wildman–Crippen LogP) is 4.42. The van der Waals surface area contributed by atoms with Crippen LogP contribution in [0.15, 0.2) is 24.3 Å². The van der Waals surface area contributed by atoms with Crippen LogP contribution in [-0.2, 0) is 4.79 Å². The van der Waals surface area contributed by atoms with Crippen molar-refractivity contribution >= 4 is 11.5 Å². The van der Waals surface area contributed by atoms with Gasteiger partial charge in [-0.1, -0.05) is 25.7 Å². The van der Waals surface area contributed by atoms with E-state index in [-0.39, 0.29) is 17.5 Å². The highest BCUT2D eigenvalue weighted by molar-refractivity contribution is 5.98. The third-order valence-electron chi connectivity index (χ3n) is 4.58. The van der Waals surface area contributed by atoms with Crippen molar-refractivity contribution in [1.82, 2.24) is 5.32 Å². The molecule has 0 atom stereocenters. The second-order valence-electron chi connectivity index (χ2n) is 7.03. The summed E-state index contributed by atoms with van der Waals surface area (Å²) in [6.07, 6.45) is 8.23. The van der Waals surface area contributed by atoms with Gasteiger partial charge in [-0.3, -0.25) is 4.79 Å². The van der Waals surface area contributed by atoms with Crippen molar-refractivity contribution in [2.75, 3.05) is 0 Å². The average Bonchev–Trinajstić information content (AvgIpc) is 2.76. The van der Waals surface area contributed by atoms with Gasteiger partial charge < -0.3 is 10.1 Å². The molecule has 0 bridgehead atoms. The van der Waals surface area contributed by atoms with E-state index in [1.165, 1.54) is 25.0 Å². The Morgan fingerprint density at radius 2 is 1.96 bits per heavy atom. The number of carbonyl (C=O) groups excluding carboxylic acids is 1. The van der Waals surface area contributed by atoms with Crippen molar-refractivity contribution in [1.29, 1.82) is 0 Å². The van der Waals surface area contributed by atoms with E-state index in [0.29, 0.717) is 17.0 Å². The van der Waals surface area contributed by atoms with Crippen LogP contribution in [0.1, 0.15) is 57.9 Å². The van der Waals surface area contributed by atoms with Crippen LogP contribution in [0.4, 0.5) is 4.39 Å². The zero-order valence-corrected chi connectivity index (χ0v) is 13.8. The van der Waals surface area contributed by atoms with Crippen molar-refractivity contribution < 1.29 is 13.9 Å². The minimum atomic E-state index is -0.625. The third-order valence-corrected chi connectivity index (χ3v) is 4.58. The van der Waals surface area contributed by atoms with Gasteiger partial charge in [0.1, 0.15) is 11.6 Å². The summed E-state index contributed by atoms with van der Waals surface area (Å²) >= 11 is 0. The quantitative estimate of drug-likeness (QED) is 0.648. The molecule has 0 aromatic heterocycles. The van der Waals surface area contributed by atoms with Gasteiger partial charge in [-0.25, -0.2) is 4.39 Å². The Hall–Kier alpha value is -1.84. The van der Waals surface area contributed by atoms with Gasteiger partial charge in [0, 0.05) is 17.6 Å². The number of hydrogen-bond acceptors (Lipinski definition) is 3. The van der Waals surface area contributed by atoms with E-state index in [4.69, 9.17) is 4.74 Å². The SMILES string of the molecule is CC1(C)N/C(=C\C(=O)C2CCCCCC2)c2cc(F)ccc2O1. The van der Waals surface area contributed by atoms with Crippen LogP contribution in [0, 0.1) is 11.7 Å². The molecule has 1 aliphatic carbocycles. The van der Waals surface area contributed by atoms with Gasteiger partial charge in [0.15, 0.2) is 11.5 Å². The summed E-state index contributed by atoms with van der Waals surface area (Å²) in [6.45, 7) is 3.78. The Balaban J connectivity index is 1.91. The molecule has 1 aliphatic heterocycles. The Morgan fingerprint density at radius 3 is 2.65 bits per heavy atom. The molecule has 1 N–H and O–H groups in total. The number of fused-ring (bicyclic) bond motifs is 1. The number of nitrogens with one attached hydrogen (secondary N) is 1. The van der Waals surface area contributed by atoms with E-state index < -0.39 is 5.72 Å². The van der Waals surface area contributed by atoms with Crippen LogP contribution in [0.3, 0.4) is 0 Å². The fourth-order valence-electron chi connectivity index (χ4n) is 3.43. The van der Waals surface area contributed by atoms with Crippen LogP contribution in [-0.4, -0.2) is 11.5 Å². The monoisotopic (exact) mass is 317 g/mol. The summed E-state index contributed by atoms with van der Waals surface area (Å²) in [5, 5.41) is 3.21. The average molecular weight is 317 g/mol. The molecule has 0 saturated heterocycles. The third kappa shape index (κ3) is 3.74. The van der Waals surface area contributed by atoms with Gasteiger partial charge in [0.2, 0.25) is 0 Å². The molecule has 0 spiro atoms. The second kappa shape index (κ2) is 6.34. The fourth-order valence-corrected chi connectivity index (χ4v) is 3.43. The maximum atomic E-state index is 13.6. The molecule has 2 aliphatic rings. The Bertz CT molecular complexity index is 628. The maximum Gasteiger partial charge on any atom is 0.175 e. The predicted molar refractivity (Wildman–Crippen MR) is 88.4 cm³/mol. The van der Waals surface area contributed by atoms with E-state index in [1.54, 1.807) is 12.1 Å². The summed E-state index contributed by atoms with van der Waals surface area (Å²) in [5.41, 5.74) is 0.650. The molecule has 1 aromatic carbocycles. The summed E-state index contributed by atoms with van der Waals surface area (Å²) in [7, 11) is 0. The van der Waals surface area contributed by atoms with Crippen molar-refractivity contribution in [3.05, 3.63) is 35.7 Å². The molecular weight excluding hydrogens is 293 g/mol. The van der Waals surface area contributed by atoms with Gasteiger partial charge in [0.05, 0.1) is 5.70 Å². The minimum absolute atomic E-state index is 0.0924. The van der Waals surface area contributed by atoms with Crippen molar-refractivity contribution in [2.45, 2.75) is 58.1 Å². The van der Waals surface area contributed by atoms with Gasteiger partial charge in [-0.2, -0.15) is 0 Å². The zero-order chi connectivity index (χ0) is 16.4. The molecule has 0 amide bonds. The van der Waals surface area contributed by atoms with Crippen LogP contribution < -0.4 is 10.1 Å². The summed E-state index contributed by atoms with van der Waals surface area (Å²) < 4.78 is 19.4. The maximum absolute atomic E-state index is 13.6. The number of allylic oxidation sites excluding steroid dienone is 1. The van der Waals surface area contributed by atoms with Crippen LogP contribution in [0.5, 0.6) is 5.75 Å². The molecule has 1 fully saturated rings. The molecule has 1 aromatic rings. The lowest BCUT2D eigenvalue weighted by atomic mass is 9.93. The molecular formula is C19H24FNO2. The van der Waals surface area contributed by atoms with E-state index in [0.717, 1.165) is 25.7 Å². The van der Waals surface area contributed by atoms with E-state index in [2.05, 4.69) is 5.32 Å². The normalized spacial score (nSPS) is 22.7. The molecule has 0 radical (unpaired) electrons. The van der Waals surface area contributed by atoms with Gasteiger partial charge in [0.25, 0.3) is 0 Å². The molecule has 1 saturated carbocycles. The highest BCUT2D eigenvalue weighted by atomic mass is 19.1. The Morgan fingerprint density at radius 1 is 1.26 bits per heavy atom. The summed E-state index contributed by atoms with van der Waals surface area (Å²) in [6, 6.07) is 4.42. The molecule has 124 valence electrons. The largest absolute Gasteiger partial charge is 0.468 e. The van der Waals surface area contributed by atoms with Gasteiger partial charge >= 0.3 is 0 Å². The zero-order valence-electron chi connectivity index (χ0n) is 13.8. The van der Waals surface area contributed by atoms with Crippen molar-refractivity contribution in [2.24, 2.45) is 5.92 Å². The first kappa shape index (κ1) is 16.0. The van der Waals surface area contributed by atoms with Crippen LogP contribution >= 0.6 is 0 Å².